The molecule has 60 valence electrons. The molecule has 1 rings (SSSR count). The average Bonchev–Trinajstić information content (AvgIpc) is 2.34. The standard InChI is InChI=1S/C7H8O3S/c1-5(9)10-7-3-2-6(4-8)11-7/h2-3,8H,4H2,1H3. The van der Waals surface area contributed by atoms with Gasteiger partial charge in [-0.1, -0.05) is 0 Å². The highest BCUT2D eigenvalue weighted by Crippen LogP contribution is 2.24. The first-order chi connectivity index (χ1) is 5.22. The van der Waals surface area contributed by atoms with E-state index in [-0.39, 0.29) is 12.6 Å². The second-order valence-corrected chi connectivity index (χ2v) is 3.10. The lowest BCUT2D eigenvalue weighted by Crippen LogP contribution is -1.98. The third kappa shape index (κ3) is 2.32. The van der Waals surface area contributed by atoms with E-state index in [0.717, 1.165) is 4.88 Å². The second-order valence-electron chi connectivity index (χ2n) is 1.97. The lowest BCUT2D eigenvalue weighted by Gasteiger charge is -1.92. The van der Waals surface area contributed by atoms with Gasteiger partial charge in [0.1, 0.15) is 0 Å². The van der Waals surface area contributed by atoms with Gasteiger partial charge in [0.2, 0.25) is 0 Å². The molecular weight excluding hydrogens is 164 g/mol. The van der Waals surface area contributed by atoms with Gasteiger partial charge in [-0.25, -0.2) is 0 Å². The van der Waals surface area contributed by atoms with E-state index in [0.29, 0.717) is 5.06 Å². The summed E-state index contributed by atoms with van der Waals surface area (Å²) in [4.78, 5) is 11.2. The molecule has 4 heteroatoms. The molecule has 11 heavy (non-hydrogen) atoms. The fourth-order valence-corrected chi connectivity index (χ4v) is 1.39. The van der Waals surface area contributed by atoms with Crippen molar-refractivity contribution < 1.29 is 14.6 Å². The van der Waals surface area contributed by atoms with Crippen LogP contribution < -0.4 is 4.74 Å². The number of carbonyl (C=O) groups is 1. The van der Waals surface area contributed by atoms with E-state index in [1.807, 2.05) is 0 Å². The Balaban J connectivity index is 2.65. The first-order valence-electron chi connectivity index (χ1n) is 3.10. The SMILES string of the molecule is CC(=O)Oc1ccc(CO)s1. The largest absolute Gasteiger partial charge is 0.416 e. The van der Waals surface area contributed by atoms with Crippen molar-refractivity contribution >= 4 is 17.3 Å². The van der Waals surface area contributed by atoms with Crippen molar-refractivity contribution in [3.63, 3.8) is 0 Å². The van der Waals surface area contributed by atoms with Gasteiger partial charge in [0, 0.05) is 11.8 Å². The topological polar surface area (TPSA) is 46.5 Å². The Morgan fingerprint density at radius 2 is 2.45 bits per heavy atom. The molecule has 0 spiro atoms. The summed E-state index contributed by atoms with van der Waals surface area (Å²) in [7, 11) is 0. The van der Waals surface area contributed by atoms with Crippen LogP contribution in [0.1, 0.15) is 11.8 Å². The minimum atomic E-state index is -0.337. The molecule has 1 N–H and O–H groups in total. The zero-order valence-corrected chi connectivity index (χ0v) is 6.85. The Bertz CT molecular complexity index is 254. The molecule has 0 amide bonds. The lowest BCUT2D eigenvalue weighted by atomic mass is 10.5. The van der Waals surface area contributed by atoms with Gasteiger partial charge in [-0.05, 0) is 12.1 Å². The van der Waals surface area contributed by atoms with Crippen LogP contribution in [-0.4, -0.2) is 11.1 Å². The highest BCUT2D eigenvalue weighted by molar-refractivity contribution is 7.13. The number of ether oxygens (including phenoxy) is 1. The van der Waals surface area contributed by atoms with E-state index in [2.05, 4.69) is 0 Å². The minimum Gasteiger partial charge on any atom is -0.416 e. The summed E-state index contributed by atoms with van der Waals surface area (Å²) in [5, 5.41) is 9.18. The third-order valence-electron chi connectivity index (χ3n) is 1.04. The number of rotatable bonds is 2. The Morgan fingerprint density at radius 1 is 1.73 bits per heavy atom. The Kier molecular flexibility index (Phi) is 2.62. The van der Waals surface area contributed by atoms with Gasteiger partial charge in [-0.3, -0.25) is 4.79 Å². The predicted octanol–water partition coefficient (Wildman–Crippen LogP) is 1.17. The van der Waals surface area contributed by atoms with Crippen molar-refractivity contribution in [1.29, 1.82) is 0 Å². The molecule has 0 saturated heterocycles. The molecule has 0 bridgehead atoms. The van der Waals surface area contributed by atoms with Gasteiger partial charge in [-0.2, -0.15) is 0 Å². The van der Waals surface area contributed by atoms with Crippen molar-refractivity contribution in [3.8, 4) is 5.06 Å². The predicted molar refractivity (Wildman–Crippen MR) is 41.6 cm³/mol. The van der Waals surface area contributed by atoms with E-state index in [1.54, 1.807) is 12.1 Å². The van der Waals surface area contributed by atoms with Gasteiger partial charge >= 0.3 is 5.97 Å². The minimum absolute atomic E-state index is 0.00800. The summed E-state index contributed by atoms with van der Waals surface area (Å²) in [6.45, 7) is 1.34. The van der Waals surface area contributed by atoms with E-state index >= 15 is 0 Å². The summed E-state index contributed by atoms with van der Waals surface area (Å²) < 4.78 is 4.77. The Labute approximate surface area is 68.2 Å². The fourth-order valence-electron chi connectivity index (χ4n) is 0.640. The van der Waals surface area contributed by atoms with E-state index in [9.17, 15) is 4.79 Å². The molecule has 0 aliphatic heterocycles. The molecular formula is C7H8O3S. The van der Waals surface area contributed by atoms with Crippen LogP contribution >= 0.6 is 11.3 Å². The molecule has 0 unspecified atom stereocenters. The molecule has 0 atom stereocenters. The molecule has 0 aliphatic carbocycles. The van der Waals surface area contributed by atoms with Gasteiger partial charge in [0.05, 0.1) is 6.61 Å². The van der Waals surface area contributed by atoms with E-state index < -0.39 is 0 Å². The van der Waals surface area contributed by atoms with Crippen LogP contribution in [0.25, 0.3) is 0 Å². The molecule has 3 nitrogen and oxygen atoms in total. The summed E-state index contributed by atoms with van der Waals surface area (Å²) >= 11 is 1.27. The number of aliphatic hydroxyl groups is 1. The third-order valence-corrected chi connectivity index (χ3v) is 1.99. The number of aliphatic hydroxyl groups excluding tert-OH is 1. The van der Waals surface area contributed by atoms with Gasteiger partial charge < -0.3 is 9.84 Å². The van der Waals surface area contributed by atoms with Crippen molar-refractivity contribution in [1.82, 2.24) is 0 Å². The van der Waals surface area contributed by atoms with Crippen molar-refractivity contribution in [2.75, 3.05) is 0 Å². The first kappa shape index (κ1) is 8.23. The molecule has 0 aliphatic rings. The van der Waals surface area contributed by atoms with Crippen molar-refractivity contribution in [2.24, 2.45) is 0 Å². The van der Waals surface area contributed by atoms with Crippen LogP contribution in [0, 0.1) is 0 Å². The number of hydrogen-bond acceptors (Lipinski definition) is 4. The molecule has 0 radical (unpaired) electrons. The fraction of sp³-hybridized carbons (Fsp3) is 0.286. The second kappa shape index (κ2) is 3.50. The number of esters is 1. The van der Waals surface area contributed by atoms with Crippen LogP contribution in [0.2, 0.25) is 0 Å². The highest BCUT2D eigenvalue weighted by Gasteiger charge is 2.01. The van der Waals surface area contributed by atoms with Gasteiger partial charge in [-0.15, -0.1) is 11.3 Å². The van der Waals surface area contributed by atoms with Crippen molar-refractivity contribution in [2.45, 2.75) is 13.5 Å². The molecule has 1 heterocycles. The van der Waals surface area contributed by atoms with Crippen molar-refractivity contribution in [3.05, 3.63) is 17.0 Å². The lowest BCUT2D eigenvalue weighted by molar-refractivity contribution is -0.131. The summed E-state index contributed by atoms with van der Waals surface area (Å²) in [5.41, 5.74) is 0. The van der Waals surface area contributed by atoms with Crippen LogP contribution in [0.4, 0.5) is 0 Å². The van der Waals surface area contributed by atoms with E-state index in [4.69, 9.17) is 9.84 Å². The zero-order valence-electron chi connectivity index (χ0n) is 6.03. The maximum Gasteiger partial charge on any atom is 0.308 e. The zero-order chi connectivity index (χ0) is 8.27. The maximum atomic E-state index is 10.4. The molecule has 1 aromatic heterocycles. The molecule has 0 saturated carbocycles. The maximum absolute atomic E-state index is 10.4. The number of carbonyl (C=O) groups excluding carboxylic acids is 1. The van der Waals surface area contributed by atoms with Crippen LogP contribution in [0.3, 0.4) is 0 Å². The van der Waals surface area contributed by atoms with Gasteiger partial charge in [0.25, 0.3) is 0 Å². The molecule has 0 fully saturated rings. The van der Waals surface area contributed by atoms with Crippen LogP contribution in [-0.2, 0) is 11.4 Å². The quantitative estimate of drug-likeness (QED) is 0.681. The summed E-state index contributed by atoms with van der Waals surface area (Å²) in [6.07, 6.45) is 0. The Hall–Kier alpha value is -0.870. The Morgan fingerprint density at radius 3 is 2.91 bits per heavy atom. The highest BCUT2D eigenvalue weighted by atomic mass is 32.1. The number of hydrogen-bond donors (Lipinski definition) is 1. The smallest absolute Gasteiger partial charge is 0.308 e. The normalized spacial score (nSPS) is 9.64. The first-order valence-corrected chi connectivity index (χ1v) is 3.92. The average molecular weight is 172 g/mol. The van der Waals surface area contributed by atoms with Gasteiger partial charge in [0.15, 0.2) is 5.06 Å². The monoisotopic (exact) mass is 172 g/mol. The molecule has 1 aromatic rings. The summed E-state index contributed by atoms with van der Waals surface area (Å²) in [6, 6.07) is 3.39. The van der Waals surface area contributed by atoms with E-state index in [1.165, 1.54) is 18.3 Å². The van der Waals surface area contributed by atoms with Crippen LogP contribution in [0.15, 0.2) is 12.1 Å². The van der Waals surface area contributed by atoms with Crippen LogP contribution in [0.5, 0.6) is 5.06 Å². The molecule has 0 aromatic carbocycles. The number of thiophene rings is 1. The summed E-state index contributed by atoms with van der Waals surface area (Å²) in [5.74, 6) is -0.337.